The lowest BCUT2D eigenvalue weighted by atomic mass is 9.72. The molecule has 1 aromatic rings. The topological polar surface area (TPSA) is 21.3 Å². The number of nitrogens with one attached hydrogen (secondary N) is 1. The standard InChI is InChI=1S/C16H22F3NO/c1-15(2)10-6-9-13(14(15)20-3)21-12-8-5-4-7-11(12)16(17,18)19/h4-5,7-8,13-14,20H,6,9-10H2,1-3H3. The third-order valence-electron chi connectivity index (χ3n) is 4.31. The summed E-state index contributed by atoms with van der Waals surface area (Å²) in [6.45, 7) is 4.25. The van der Waals surface area contributed by atoms with E-state index in [-0.39, 0.29) is 23.3 Å². The molecule has 1 aliphatic carbocycles. The van der Waals surface area contributed by atoms with Crippen molar-refractivity contribution in [1.82, 2.24) is 5.32 Å². The Morgan fingerprint density at radius 2 is 1.90 bits per heavy atom. The van der Waals surface area contributed by atoms with Gasteiger partial charge in [0.25, 0.3) is 0 Å². The first kappa shape index (κ1) is 16.1. The molecule has 118 valence electrons. The Labute approximate surface area is 123 Å². The molecule has 0 saturated heterocycles. The molecule has 1 fully saturated rings. The third kappa shape index (κ3) is 3.51. The summed E-state index contributed by atoms with van der Waals surface area (Å²) < 4.78 is 44.9. The van der Waals surface area contributed by atoms with Crippen molar-refractivity contribution < 1.29 is 17.9 Å². The van der Waals surface area contributed by atoms with E-state index in [4.69, 9.17) is 4.74 Å². The fourth-order valence-corrected chi connectivity index (χ4v) is 3.25. The number of hydrogen-bond donors (Lipinski definition) is 1. The SMILES string of the molecule is CNC1C(Oc2ccccc2C(F)(F)F)CCCC1(C)C. The fraction of sp³-hybridized carbons (Fsp3) is 0.625. The molecular weight excluding hydrogens is 279 g/mol. The summed E-state index contributed by atoms with van der Waals surface area (Å²) in [4.78, 5) is 0. The molecule has 2 nitrogen and oxygen atoms in total. The summed E-state index contributed by atoms with van der Waals surface area (Å²) in [5.41, 5.74) is -0.701. The zero-order chi connectivity index (χ0) is 15.7. The zero-order valence-electron chi connectivity index (χ0n) is 12.6. The first-order valence-corrected chi connectivity index (χ1v) is 7.26. The normalized spacial score (nSPS) is 25.6. The van der Waals surface area contributed by atoms with E-state index in [9.17, 15) is 13.2 Å². The Kier molecular flexibility index (Phi) is 4.51. The van der Waals surface area contributed by atoms with Crippen LogP contribution < -0.4 is 10.1 Å². The Morgan fingerprint density at radius 1 is 1.24 bits per heavy atom. The first-order chi connectivity index (χ1) is 9.75. The highest BCUT2D eigenvalue weighted by Gasteiger charge is 2.41. The van der Waals surface area contributed by atoms with Gasteiger partial charge in [0.15, 0.2) is 0 Å². The summed E-state index contributed by atoms with van der Waals surface area (Å²) in [6, 6.07) is 5.46. The second-order valence-electron chi connectivity index (χ2n) is 6.30. The number of ether oxygens (including phenoxy) is 1. The average Bonchev–Trinajstić information content (AvgIpc) is 2.37. The van der Waals surface area contributed by atoms with E-state index in [2.05, 4.69) is 19.2 Å². The minimum Gasteiger partial charge on any atom is -0.488 e. The molecule has 2 unspecified atom stereocenters. The smallest absolute Gasteiger partial charge is 0.419 e. The van der Waals surface area contributed by atoms with Crippen LogP contribution in [0, 0.1) is 5.41 Å². The molecule has 0 radical (unpaired) electrons. The van der Waals surface area contributed by atoms with Crippen LogP contribution in [0.2, 0.25) is 0 Å². The van der Waals surface area contributed by atoms with Crippen LogP contribution >= 0.6 is 0 Å². The molecule has 0 heterocycles. The van der Waals surface area contributed by atoms with Gasteiger partial charge in [0.1, 0.15) is 11.9 Å². The maximum atomic E-state index is 13.0. The number of hydrogen-bond acceptors (Lipinski definition) is 2. The minimum atomic E-state index is -4.39. The zero-order valence-corrected chi connectivity index (χ0v) is 12.6. The minimum absolute atomic E-state index is 0.00480. The highest BCUT2D eigenvalue weighted by atomic mass is 19.4. The number of halogens is 3. The van der Waals surface area contributed by atoms with Crippen molar-refractivity contribution in [3.05, 3.63) is 29.8 Å². The summed E-state index contributed by atoms with van der Waals surface area (Å²) >= 11 is 0. The Morgan fingerprint density at radius 3 is 2.52 bits per heavy atom. The van der Waals surface area contributed by atoms with Crippen molar-refractivity contribution >= 4 is 0 Å². The van der Waals surface area contributed by atoms with Gasteiger partial charge in [0, 0.05) is 6.04 Å². The maximum Gasteiger partial charge on any atom is 0.419 e. The van der Waals surface area contributed by atoms with Crippen molar-refractivity contribution in [2.45, 2.75) is 51.4 Å². The largest absolute Gasteiger partial charge is 0.488 e. The lowest BCUT2D eigenvalue weighted by molar-refractivity contribution is -0.139. The van der Waals surface area contributed by atoms with Gasteiger partial charge in [-0.05, 0) is 43.9 Å². The van der Waals surface area contributed by atoms with Gasteiger partial charge in [-0.3, -0.25) is 0 Å². The van der Waals surface area contributed by atoms with Gasteiger partial charge in [-0.1, -0.05) is 26.0 Å². The lowest BCUT2D eigenvalue weighted by Crippen LogP contribution is -2.53. The van der Waals surface area contributed by atoms with Crippen molar-refractivity contribution in [3.8, 4) is 5.75 Å². The molecule has 1 N–H and O–H groups in total. The molecule has 0 aromatic heterocycles. The molecule has 0 amide bonds. The summed E-state index contributed by atoms with van der Waals surface area (Å²) in [5.74, 6) is -0.0760. The van der Waals surface area contributed by atoms with Crippen LogP contribution in [0.4, 0.5) is 13.2 Å². The molecule has 2 atom stereocenters. The van der Waals surface area contributed by atoms with Crippen molar-refractivity contribution in [2.24, 2.45) is 5.41 Å². The van der Waals surface area contributed by atoms with Crippen LogP contribution in [-0.4, -0.2) is 19.2 Å². The van der Waals surface area contributed by atoms with Gasteiger partial charge in [-0.2, -0.15) is 13.2 Å². The van der Waals surface area contributed by atoms with Crippen LogP contribution in [0.25, 0.3) is 0 Å². The van der Waals surface area contributed by atoms with E-state index < -0.39 is 11.7 Å². The number of benzene rings is 1. The molecule has 0 aliphatic heterocycles. The summed E-state index contributed by atoms with van der Waals surface area (Å²) in [6.07, 6.45) is -1.87. The Bertz CT molecular complexity index is 485. The molecule has 2 rings (SSSR count). The predicted molar refractivity (Wildman–Crippen MR) is 76.3 cm³/mol. The first-order valence-electron chi connectivity index (χ1n) is 7.26. The van der Waals surface area contributed by atoms with Gasteiger partial charge < -0.3 is 10.1 Å². The number of rotatable bonds is 3. The van der Waals surface area contributed by atoms with E-state index in [1.54, 1.807) is 6.07 Å². The highest BCUT2D eigenvalue weighted by Crippen LogP contribution is 2.40. The van der Waals surface area contributed by atoms with Crippen LogP contribution in [0.3, 0.4) is 0 Å². The summed E-state index contributed by atoms with van der Waals surface area (Å²) in [5, 5.41) is 3.22. The van der Waals surface area contributed by atoms with Crippen molar-refractivity contribution in [3.63, 3.8) is 0 Å². The molecular formula is C16H22F3NO. The average molecular weight is 301 g/mol. The molecule has 0 bridgehead atoms. The maximum absolute atomic E-state index is 13.0. The van der Waals surface area contributed by atoms with E-state index in [0.29, 0.717) is 0 Å². The van der Waals surface area contributed by atoms with Crippen molar-refractivity contribution in [1.29, 1.82) is 0 Å². The van der Waals surface area contributed by atoms with Crippen LogP contribution in [-0.2, 0) is 6.18 Å². The predicted octanol–water partition coefficient (Wildman–Crippen LogP) is 4.25. The number of likely N-dealkylation sites (N-methyl/N-ethyl adjacent to an activating group) is 1. The van der Waals surface area contributed by atoms with E-state index in [1.165, 1.54) is 12.1 Å². The second kappa shape index (κ2) is 5.87. The molecule has 1 aliphatic rings. The molecule has 1 saturated carbocycles. The van der Waals surface area contributed by atoms with Crippen molar-refractivity contribution in [2.75, 3.05) is 7.05 Å². The second-order valence-corrected chi connectivity index (χ2v) is 6.30. The van der Waals surface area contributed by atoms with E-state index >= 15 is 0 Å². The Hall–Kier alpha value is -1.23. The molecule has 21 heavy (non-hydrogen) atoms. The van der Waals surface area contributed by atoms with Crippen LogP contribution in [0.5, 0.6) is 5.75 Å². The molecule has 1 aromatic carbocycles. The van der Waals surface area contributed by atoms with Gasteiger partial charge in [-0.25, -0.2) is 0 Å². The van der Waals surface area contributed by atoms with Gasteiger partial charge in [0.05, 0.1) is 5.56 Å². The van der Waals surface area contributed by atoms with Crippen LogP contribution in [0.1, 0.15) is 38.7 Å². The summed E-state index contributed by atoms with van der Waals surface area (Å²) in [7, 11) is 1.84. The number of para-hydroxylation sites is 1. The van der Waals surface area contributed by atoms with E-state index in [1.807, 2.05) is 7.05 Å². The molecule has 0 spiro atoms. The number of alkyl halides is 3. The fourth-order valence-electron chi connectivity index (χ4n) is 3.25. The molecule has 5 heteroatoms. The van der Waals surface area contributed by atoms with Crippen LogP contribution in [0.15, 0.2) is 24.3 Å². The van der Waals surface area contributed by atoms with Gasteiger partial charge in [-0.15, -0.1) is 0 Å². The quantitative estimate of drug-likeness (QED) is 0.901. The Balaban J connectivity index is 2.25. The van der Waals surface area contributed by atoms with Gasteiger partial charge >= 0.3 is 6.18 Å². The van der Waals surface area contributed by atoms with Gasteiger partial charge in [0.2, 0.25) is 0 Å². The lowest BCUT2D eigenvalue weighted by Gasteiger charge is -2.43. The third-order valence-corrected chi connectivity index (χ3v) is 4.31. The monoisotopic (exact) mass is 301 g/mol. The van der Waals surface area contributed by atoms with E-state index in [0.717, 1.165) is 25.3 Å². The highest BCUT2D eigenvalue weighted by molar-refractivity contribution is 5.36.